The van der Waals surface area contributed by atoms with Crippen molar-refractivity contribution in [1.82, 2.24) is 14.8 Å². The van der Waals surface area contributed by atoms with E-state index in [1.807, 2.05) is 25.1 Å². The first-order valence-corrected chi connectivity index (χ1v) is 13.0. The lowest BCUT2D eigenvalue weighted by molar-refractivity contribution is 0.102. The van der Waals surface area contributed by atoms with Crippen LogP contribution < -0.4 is 11.1 Å². The van der Waals surface area contributed by atoms with Gasteiger partial charge in [-0.15, -0.1) is 5.10 Å². The SMILES string of the molecule is Cc1cc(NC(=O)c2ccc(-c3ccccc3S(C)(=O)=O)cc2)nn1-c1ccc2c(N)cncc2c1. The molecule has 180 valence electrons. The highest BCUT2D eigenvalue weighted by atomic mass is 32.2. The number of hydrogen-bond donors (Lipinski definition) is 2. The minimum atomic E-state index is -3.39. The highest BCUT2D eigenvalue weighted by molar-refractivity contribution is 7.90. The van der Waals surface area contributed by atoms with Crippen molar-refractivity contribution >= 4 is 38.0 Å². The second-order valence-electron chi connectivity index (χ2n) is 8.52. The summed E-state index contributed by atoms with van der Waals surface area (Å²) in [6.07, 6.45) is 4.54. The topological polar surface area (TPSA) is 120 Å². The maximum absolute atomic E-state index is 12.9. The molecule has 5 rings (SSSR count). The number of nitrogens with one attached hydrogen (secondary N) is 1. The largest absolute Gasteiger partial charge is 0.397 e. The Morgan fingerprint density at radius 1 is 0.972 bits per heavy atom. The zero-order valence-electron chi connectivity index (χ0n) is 19.6. The summed E-state index contributed by atoms with van der Waals surface area (Å²) in [6, 6.07) is 21.1. The van der Waals surface area contributed by atoms with Gasteiger partial charge in [-0.2, -0.15) is 0 Å². The van der Waals surface area contributed by atoms with E-state index in [4.69, 9.17) is 5.73 Å². The number of aromatic nitrogens is 3. The van der Waals surface area contributed by atoms with Gasteiger partial charge in [-0.3, -0.25) is 9.78 Å². The molecule has 0 spiro atoms. The number of hydrogen-bond acceptors (Lipinski definition) is 6. The van der Waals surface area contributed by atoms with E-state index in [1.54, 1.807) is 71.7 Å². The first-order chi connectivity index (χ1) is 17.2. The van der Waals surface area contributed by atoms with Crippen molar-refractivity contribution < 1.29 is 13.2 Å². The standard InChI is InChI=1S/C27H23N5O3S/c1-17-13-26(31-32(17)21-11-12-22-20(14-21)15-29-16-24(22)28)30-27(33)19-9-7-18(8-10-19)23-5-3-4-6-25(23)36(2,34)35/h3-16H,28H2,1-2H3,(H,30,31,33). The molecule has 5 aromatic rings. The van der Waals surface area contributed by atoms with E-state index in [0.29, 0.717) is 28.2 Å². The van der Waals surface area contributed by atoms with Gasteiger partial charge in [0.15, 0.2) is 15.7 Å². The van der Waals surface area contributed by atoms with Crippen LogP contribution in [0.5, 0.6) is 0 Å². The van der Waals surface area contributed by atoms with E-state index in [9.17, 15) is 13.2 Å². The van der Waals surface area contributed by atoms with Gasteiger partial charge in [0, 0.05) is 46.1 Å². The van der Waals surface area contributed by atoms with Gasteiger partial charge >= 0.3 is 0 Å². The van der Waals surface area contributed by atoms with Crippen LogP contribution >= 0.6 is 0 Å². The minimum Gasteiger partial charge on any atom is -0.397 e. The lowest BCUT2D eigenvalue weighted by Gasteiger charge is -2.09. The third-order valence-electron chi connectivity index (χ3n) is 5.89. The van der Waals surface area contributed by atoms with Crippen molar-refractivity contribution in [3.63, 3.8) is 0 Å². The molecule has 0 unspecified atom stereocenters. The maximum Gasteiger partial charge on any atom is 0.256 e. The van der Waals surface area contributed by atoms with E-state index in [2.05, 4.69) is 15.4 Å². The predicted molar refractivity (Wildman–Crippen MR) is 141 cm³/mol. The molecular formula is C27H23N5O3S. The molecule has 0 saturated heterocycles. The fraction of sp³-hybridized carbons (Fsp3) is 0.0741. The van der Waals surface area contributed by atoms with Gasteiger partial charge in [0.25, 0.3) is 5.91 Å². The van der Waals surface area contributed by atoms with Crippen molar-refractivity contribution in [3.05, 3.63) is 96.4 Å². The Hall–Kier alpha value is -4.50. The smallest absolute Gasteiger partial charge is 0.256 e. The summed E-state index contributed by atoms with van der Waals surface area (Å²) in [5, 5.41) is 9.18. The quantitative estimate of drug-likeness (QED) is 0.365. The van der Waals surface area contributed by atoms with Crippen LogP contribution in [0.3, 0.4) is 0 Å². The summed E-state index contributed by atoms with van der Waals surface area (Å²) in [5.41, 5.74) is 9.99. The lowest BCUT2D eigenvalue weighted by atomic mass is 10.0. The van der Waals surface area contributed by atoms with Crippen LogP contribution in [0.2, 0.25) is 0 Å². The highest BCUT2D eigenvalue weighted by Crippen LogP contribution is 2.28. The number of nitrogens with two attached hydrogens (primary N) is 1. The normalized spacial score (nSPS) is 11.5. The Balaban J connectivity index is 1.38. The molecule has 2 aromatic heterocycles. The minimum absolute atomic E-state index is 0.246. The number of carbonyl (C=O) groups excluding carboxylic acids is 1. The second kappa shape index (κ2) is 8.94. The third kappa shape index (κ3) is 4.44. The van der Waals surface area contributed by atoms with Gasteiger partial charge in [0.05, 0.1) is 22.5 Å². The number of benzene rings is 3. The number of pyridine rings is 1. The summed E-state index contributed by atoms with van der Waals surface area (Å²) in [4.78, 5) is 17.3. The Morgan fingerprint density at radius 3 is 2.47 bits per heavy atom. The van der Waals surface area contributed by atoms with Crippen molar-refractivity contribution in [3.8, 4) is 16.8 Å². The molecule has 0 saturated carbocycles. The van der Waals surface area contributed by atoms with E-state index in [-0.39, 0.29) is 10.8 Å². The van der Waals surface area contributed by atoms with Gasteiger partial charge in [0.1, 0.15) is 0 Å². The van der Waals surface area contributed by atoms with Crippen LogP contribution in [0.1, 0.15) is 16.1 Å². The molecule has 3 N–H and O–H groups in total. The van der Waals surface area contributed by atoms with E-state index < -0.39 is 9.84 Å². The number of carbonyl (C=O) groups is 1. The van der Waals surface area contributed by atoms with E-state index in [1.165, 1.54) is 6.26 Å². The zero-order valence-corrected chi connectivity index (χ0v) is 20.5. The molecule has 0 atom stereocenters. The first kappa shape index (κ1) is 23.3. The molecule has 0 aliphatic carbocycles. The highest BCUT2D eigenvalue weighted by Gasteiger charge is 2.15. The molecule has 0 aliphatic rings. The molecule has 36 heavy (non-hydrogen) atoms. The fourth-order valence-electron chi connectivity index (χ4n) is 4.13. The molecule has 8 nitrogen and oxygen atoms in total. The van der Waals surface area contributed by atoms with Crippen LogP contribution in [-0.2, 0) is 9.84 Å². The van der Waals surface area contributed by atoms with Crippen molar-refractivity contribution in [2.45, 2.75) is 11.8 Å². The van der Waals surface area contributed by atoms with Crippen LogP contribution in [0.4, 0.5) is 11.5 Å². The average molecular weight is 498 g/mol. The first-order valence-electron chi connectivity index (χ1n) is 11.1. The van der Waals surface area contributed by atoms with E-state index >= 15 is 0 Å². The fourth-order valence-corrected chi connectivity index (χ4v) is 5.05. The van der Waals surface area contributed by atoms with Gasteiger partial charge in [-0.25, -0.2) is 13.1 Å². The lowest BCUT2D eigenvalue weighted by Crippen LogP contribution is -2.12. The molecule has 1 amide bonds. The number of nitrogen functional groups attached to an aromatic ring is 1. The number of fused-ring (bicyclic) bond motifs is 1. The Kier molecular flexibility index (Phi) is 5.77. The summed E-state index contributed by atoms with van der Waals surface area (Å²) >= 11 is 0. The number of amides is 1. The number of sulfone groups is 1. The Morgan fingerprint density at radius 2 is 1.72 bits per heavy atom. The molecule has 0 aliphatic heterocycles. The molecule has 9 heteroatoms. The third-order valence-corrected chi connectivity index (χ3v) is 7.05. The molecule has 2 heterocycles. The average Bonchev–Trinajstić information content (AvgIpc) is 3.23. The number of aryl methyl sites for hydroxylation is 1. The van der Waals surface area contributed by atoms with Gasteiger partial charge < -0.3 is 11.1 Å². The van der Waals surface area contributed by atoms with E-state index in [0.717, 1.165) is 22.2 Å². The number of rotatable bonds is 5. The monoisotopic (exact) mass is 497 g/mol. The summed E-state index contributed by atoms with van der Waals surface area (Å²) in [6.45, 7) is 1.90. The maximum atomic E-state index is 12.9. The predicted octanol–water partition coefficient (Wildman–Crippen LogP) is 4.63. The van der Waals surface area contributed by atoms with Gasteiger partial charge in [-0.1, -0.05) is 36.4 Å². The number of anilines is 2. The molecule has 0 fully saturated rings. The van der Waals surface area contributed by atoms with Crippen LogP contribution in [-0.4, -0.2) is 35.3 Å². The number of nitrogens with zero attached hydrogens (tertiary/aromatic N) is 3. The molecular weight excluding hydrogens is 474 g/mol. The van der Waals surface area contributed by atoms with Crippen LogP contribution in [0.25, 0.3) is 27.6 Å². The van der Waals surface area contributed by atoms with Gasteiger partial charge in [-0.05, 0) is 42.8 Å². The zero-order chi connectivity index (χ0) is 25.4. The summed E-state index contributed by atoms with van der Waals surface area (Å²) < 4.78 is 26.0. The summed E-state index contributed by atoms with van der Waals surface area (Å²) in [5.74, 6) is 0.0906. The van der Waals surface area contributed by atoms with Crippen molar-refractivity contribution in [2.75, 3.05) is 17.3 Å². The summed E-state index contributed by atoms with van der Waals surface area (Å²) in [7, 11) is -3.39. The Labute approximate surface area is 208 Å². The van der Waals surface area contributed by atoms with Crippen molar-refractivity contribution in [2.24, 2.45) is 0 Å². The second-order valence-corrected chi connectivity index (χ2v) is 10.5. The molecule has 3 aromatic carbocycles. The Bertz CT molecular complexity index is 1720. The van der Waals surface area contributed by atoms with Crippen LogP contribution in [0.15, 0.2) is 90.1 Å². The molecule has 0 bridgehead atoms. The molecule has 0 radical (unpaired) electrons. The van der Waals surface area contributed by atoms with Gasteiger partial charge in [0.2, 0.25) is 0 Å². The van der Waals surface area contributed by atoms with Crippen molar-refractivity contribution in [1.29, 1.82) is 0 Å². The van der Waals surface area contributed by atoms with Crippen LogP contribution in [0, 0.1) is 6.92 Å².